The predicted octanol–water partition coefficient (Wildman–Crippen LogP) is 3.27. The van der Waals surface area contributed by atoms with Gasteiger partial charge in [0.25, 0.3) is 5.91 Å². The van der Waals surface area contributed by atoms with Crippen LogP contribution >= 0.6 is 0 Å². The Morgan fingerprint density at radius 2 is 1.54 bits per heavy atom. The van der Waals surface area contributed by atoms with E-state index >= 15 is 0 Å². The molecule has 0 unspecified atom stereocenters. The number of carbonyl (C=O) groups is 1. The Balaban J connectivity index is 1.80. The number of pyridine rings is 1. The molecule has 4 nitrogen and oxygen atoms in total. The van der Waals surface area contributed by atoms with Crippen LogP contribution in [0.5, 0.6) is 0 Å². The Morgan fingerprint density at radius 3 is 2.25 bits per heavy atom. The molecule has 2 N–H and O–H groups in total. The second-order valence-corrected chi connectivity index (χ2v) is 5.06. The maximum absolute atomic E-state index is 11.3. The molecule has 0 atom stereocenters. The van der Waals surface area contributed by atoms with Crippen molar-refractivity contribution >= 4 is 5.91 Å². The first kappa shape index (κ1) is 15.5. The zero-order valence-electron chi connectivity index (χ0n) is 12.7. The lowest BCUT2D eigenvalue weighted by Gasteiger charge is -2.01. The molecule has 1 heterocycles. The van der Waals surface area contributed by atoms with E-state index in [9.17, 15) is 4.79 Å². The molecule has 3 rings (SSSR count). The topological polar surface area (TPSA) is 62.2 Å². The van der Waals surface area contributed by atoms with Crippen molar-refractivity contribution in [1.29, 1.82) is 0 Å². The van der Waals surface area contributed by atoms with Crippen LogP contribution in [0, 0.1) is 11.8 Å². The molecule has 3 aromatic rings. The summed E-state index contributed by atoms with van der Waals surface area (Å²) in [5.74, 6) is 5.38. The molecule has 0 saturated heterocycles. The molecular formula is C20H14N2O2. The van der Waals surface area contributed by atoms with Crippen LogP contribution < -0.4 is 5.48 Å². The summed E-state index contributed by atoms with van der Waals surface area (Å²) in [5.41, 5.74) is 5.48. The van der Waals surface area contributed by atoms with E-state index in [0.717, 1.165) is 16.7 Å². The Bertz CT molecular complexity index is 908. The average Bonchev–Trinajstić information content (AvgIpc) is 2.67. The number of nitrogens with one attached hydrogen (secondary N) is 1. The lowest BCUT2D eigenvalue weighted by molar-refractivity contribution is 0.0700. The Labute approximate surface area is 139 Å². The molecule has 0 fully saturated rings. The molecule has 0 bridgehead atoms. The first-order valence-electron chi connectivity index (χ1n) is 7.34. The normalized spacial score (nSPS) is 9.71. The molecule has 0 aliphatic carbocycles. The van der Waals surface area contributed by atoms with Crippen LogP contribution in [-0.4, -0.2) is 16.1 Å². The van der Waals surface area contributed by atoms with Gasteiger partial charge >= 0.3 is 0 Å². The zero-order valence-corrected chi connectivity index (χ0v) is 12.7. The van der Waals surface area contributed by atoms with E-state index in [1.54, 1.807) is 11.5 Å². The molecule has 0 aliphatic heterocycles. The van der Waals surface area contributed by atoms with Crippen molar-refractivity contribution in [2.24, 2.45) is 0 Å². The smallest absolute Gasteiger partial charge is 0.288 e. The second kappa shape index (κ2) is 7.23. The maximum atomic E-state index is 11.3. The Morgan fingerprint density at radius 1 is 0.875 bits per heavy atom. The fourth-order valence-corrected chi connectivity index (χ4v) is 2.21. The first-order valence-corrected chi connectivity index (χ1v) is 7.34. The van der Waals surface area contributed by atoms with Crippen LogP contribution in [0.2, 0.25) is 0 Å². The predicted molar refractivity (Wildman–Crippen MR) is 91.3 cm³/mol. The van der Waals surface area contributed by atoms with Crippen molar-refractivity contribution in [1.82, 2.24) is 10.5 Å². The van der Waals surface area contributed by atoms with Gasteiger partial charge in [0.2, 0.25) is 0 Å². The SMILES string of the molecule is O=C(NO)c1cc(C#Cc2ccc(-c3ccccc3)cc2)ccn1. The van der Waals surface area contributed by atoms with Crippen molar-refractivity contribution in [3.05, 3.63) is 89.7 Å². The summed E-state index contributed by atoms with van der Waals surface area (Å²) in [6.07, 6.45) is 1.48. The summed E-state index contributed by atoms with van der Waals surface area (Å²) < 4.78 is 0. The van der Waals surface area contributed by atoms with Crippen molar-refractivity contribution in [3.8, 4) is 23.0 Å². The van der Waals surface area contributed by atoms with Crippen molar-refractivity contribution < 1.29 is 10.0 Å². The molecule has 0 aliphatic rings. The van der Waals surface area contributed by atoms with E-state index in [2.05, 4.69) is 29.0 Å². The summed E-state index contributed by atoms with van der Waals surface area (Å²) in [7, 11) is 0. The number of hydroxylamine groups is 1. The highest BCUT2D eigenvalue weighted by atomic mass is 16.5. The van der Waals surface area contributed by atoms with E-state index in [1.165, 1.54) is 12.3 Å². The van der Waals surface area contributed by atoms with Gasteiger partial charge in [-0.2, -0.15) is 0 Å². The highest BCUT2D eigenvalue weighted by Crippen LogP contribution is 2.18. The minimum atomic E-state index is -0.661. The number of rotatable bonds is 2. The molecule has 1 aromatic heterocycles. The zero-order chi connectivity index (χ0) is 16.8. The third-order valence-electron chi connectivity index (χ3n) is 3.44. The molecule has 24 heavy (non-hydrogen) atoms. The second-order valence-electron chi connectivity index (χ2n) is 5.06. The van der Waals surface area contributed by atoms with Gasteiger partial charge in [-0.1, -0.05) is 54.3 Å². The van der Waals surface area contributed by atoms with E-state index in [1.807, 2.05) is 42.5 Å². The third kappa shape index (κ3) is 3.67. The summed E-state index contributed by atoms with van der Waals surface area (Å²) in [4.78, 5) is 15.2. The van der Waals surface area contributed by atoms with Crippen LogP contribution in [-0.2, 0) is 0 Å². The van der Waals surface area contributed by atoms with Crippen molar-refractivity contribution in [2.75, 3.05) is 0 Å². The number of amides is 1. The lowest BCUT2D eigenvalue weighted by atomic mass is 10.0. The third-order valence-corrected chi connectivity index (χ3v) is 3.44. The van der Waals surface area contributed by atoms with Gasteiger partial charge in [-0.05, 0) is 35.4 Å². The largest absolute Gasteiger partial charge is 0.293 e. The lowest BCUT2D eigenvalue weighted by Crippen LogP contribution is -2.19. The highest BCUT2D eigenvalue weighted by Gasteiger charge is 2.05. The van der Waals surface area contributed by atoms with Gasteiger partial charge in [0.1, 0.15) is 5.69 Å². The quantitative estimate of drug-likeness (QED) is 0.433. The van der Waals surface area contributed by atoms with Gasteiger partial charge in [-0.15, -0.1) is 0 Å². The molecule has 0 radical (unpaired) electrons. The first-order chi connectivity index (χ1) is 11.8. The van der Waals surface area contributed by atoms with E-state index in [4.69, 9.17) is 5.21 Å². The molecule has 0 spiro atoms. The minimum Gasteiger partial charge on any atom is -0.288 e. The molecule has 1 amide bonds. The van der Waals surface area contributed by atoms with E-state index in [-0.39, 0.29) is 5.69 Å². The van der Waals surface area contributed by atoms with Crippen LogP contribution in [0.3, 0.4) is 0 Å². The fraction of sp³-hybridized carbons (Fsp3) is 0. The minimum absolute atomic E-state index is 0.115. The maximum Gasteiger partial charge on any atom is 0.293 e. The van der Waals surface area contributed by atoms with Crippen molar-refractivity contribution in [3.63, 3.8) is 0 Å². The van der Waals surface area contributed by atoms with Crippen molar-refractivity contribution in [2.45, 2.75) is 0 Å². The van der Waals surface area contributed by atoms with Gasteiger partial charge in [-0.3, -0.25) is 15.0 Å². The van der Waals surface area contributed by atoms with Gasteiger partial charge in [0.05, 0.1) is 0 Å². The monoisotopic (exact) mass is 314 g/mol. The number of benzene rings is 2. The summed E-state index contributed by atoms with van der Waals surface area (Å²) >= 11 is 0. The van der Waals surface area contributed by atoms with Crippen LogP contribution in [0.4, 0.5) is 0 Å². The summed E-state index contributed by atoms with van der Waals surface area (Å²) in [6.45, 7) is 0. The molecule has 0 saturated carbocycles. The molecule has 4 heteroatoms. The van der Waals surface area contributed by atoms with E-state index in [0.29, 0.717) is 5.56 Å². The molecule has 2 aromatic carbocycles. The summed E-state index contributed by atoms with van der Waals surface area (Å²) in [6, 6.07) is 21.3. The molecule has 116 valence electrons. The number of aromatic nitrogens is 1. The van der Waals surface area contributed by atoms with Gasteiger partial charge in [-0.25, -0.2) is 5.48 Å². The van der Waals surface area contributed by atoms with Crippen LogP contribution in [0.15, 0.2) is 72.9 Å². The van der Waals surface area contributed by atoms with Crippen LogP contribution in [0.1, 0.15) is 21.6 Å². The number of carbonyl (C=O) groups excluding carboxylic acids is 1. The van der Waals surface area contributed by atoms with Gasteiger partial charge in [0.15, 0.2) is 0 Å². The molecular weight excluding hydrogens is 300 g/mol. The Kier molecular flexibility index (Phi) is 4.66. The van der Waals surface area contributed by atoms with Crippen LogP contribution in [0.25, 0.3) is 11.1 Å². The Hall–Kier alpha value is -3.42. The number of hydrogen-bond donors (Lipinski definition) is 2. The summed E-state index contributed by atoms with van der Waals surface area (Å²) in [5, 5.41) is 8.63. The highest BCUT2D eigenvalue weighted by molar-refractivity contribution is 5.91. The average molecular weight is 314 g/mol. The number of hydrogen-bond acceptors (Lipinski definition) is 3. The fourth-order valence-electron chi connectivity index (χ4n) is 2.21. The van der Waals surface area contributed by atoms with E-state index < -0.39 is 5.91 Å². The standard InChI is InChI=1S/C20H14N2O2/c23-20(22-24)19-14-16(12-13-21-19)7-6-15-8-10-18(11-9-15)17-4-2-1-3-5-17/h1-5,8-14,24H,(H,22,23). The number of nitrogens with zero attached hydrogens (tertiary/aromatic N) is 1. The van der Waals surface area contributed by atoms with Gasteiger partial charge in [0, 0.05) is 17.3 Å². The van der Waals surface area contributed by atoms with Gasteiger partial charge < -0.3 is 0 Å².